The third-order valence-electron chi connectivity index (χ3n) is 3.33. The van der Waals surface area contributed by atoms with Crippen molar-refractivity contribution in [1.29, 1.82) is 0 Å². The van der Waals surface area contributed by atoms with Gasteiger partial charge in [0.2, 0.25) is 0 Å². The third kappa shape index (κ3) is 2.39. The minimum Gasteiger partial charge on any atom is -0.768 e. The summed E-state index contributed by atoms with van der Waals surface area (Å²) in [5.74, 6) is -0.654. The molecule has 21 heavy (non-hydrogen) atoms. The van der Waals surface area contributed by atoms with Crippen molar-refractivity contribution in [3.05, 3.63) is 65.2 Å². The van der Waals surface area contributed by atoms with Crippen LogP contribution >= 0.6 is 0 Å². The van der Waals surface area contributed by atoms with Crippen molar-refractivity contribution in [3.8, 4) is 0 Å². The topological polar surface area (TPSA) is 77.5 Å². The monoisotopic (exact) mass is 300 g/mol. The number of hydrogen-bond acceptors (Lipinski definition) is 4. The molecule has 0 fully saturated rings. The van der Waals surface area contributed by atoms with E-state index in [9.17, 15) is 18.4 Å². The van der Waals surface area contributed by atoms with Crippen molar-refractivity contribution in [2.75, 3.05) is 0 Å². The van der Waals surface area contributed by atoms with Crippen molar-refractivity contribution in [2.45, 2.75) is 11.4 Å². The molecule has 0 bridgehead atoms. The Morgan fingerprint density at radius 3 is 1.90 bits per heavy atom. The van der Waals surface area contributed by atoms with Crippen LogP contribution in [-0.2, 0) is 17.6 Å². The number of benzene rings is 2. The first-order valence-corrected chi connectivity index (χ1v) is 7.29. The number of nitrogens with zero attached hydrogens (tertiary/aromatic N) is 1. The molecular formula is C15H10NO4S-. The molecule has 1 atom stereocenters. The standard InChI is InChI=1S/C15H11NO4S/c17-14-12-3-1-2-4-13(12)15(18)16(14)9-10-5-7-11(8-6-10)21(19)20/h1-8H,9H2,(H,19,20)/p-1. The molecule has 0 N–H and O–H groups in total. The molecular weight excluding hydrogens is 290 g/mol. The molecule has 6 heteroatoms. The van der Waals surface area contributed by atoms with E-state index in [1.165, 1.54) is 12.1 Å². The van der Waals surface area contributed by atoms with Crippen molar-refractivity contribution in [3.63, 3.8) is 0 Å². The van der Waals surface area contributed by atoms with E-state index >= 15 is 0 Å². The van der Waals surface area contributed by atoms with Gasteiger partial charge in [-0.05, 0) is 40.9 Å². The first kappa shape index (κ1) is 13.7. The van der Waals surface area contributed by atoms with Crippen LogP contribution in [0.1, 0.15) is 26.3 Å². The van der Waals surface area contributed by atoms with E-state index in [0.717, 1.165) is 4.90 Å². The predicted octanol–water partition coefficient (Wildman–Crippen LogP) is 1.72. The number of amides is 2. The van der Waals surface area contributed by atoms with Gasteiger partial charge >= 0.3 is 0 Å². The number of carbonyl (C=O) groups excluding carboxylic acids is 2. The average Bonchev–Trinajstić information content (AvgIpc) is 2.73. The highest BCUT2D eigenvalue weighted by Gasteiger charge is 2.34. The molecule has 2 amide bonds. The van der Waals surface area contributed by atoms with Crippen LogP contribution in [-0.4, -0.2) is 25.5 Å². The highest BCUT2D eigenvalue weighted by molar-refractivity contribution is 7.79. The maximum absolute atomic E-state index is 12.2. The van der Waals surface area contributed by atoms with Gasteiger partial charge in [0.05, 0.1) is 17.7 Å². The van der Waals surface area contributed by atoms with Gasteiger partial charge in [0.1, 0.15) is 0 Å². The predicted molar refractivity (Wildman–Crippen MR) is 74.3 cm³/mol. The van der Waals surface area contributed by atoms with Gasteiger partial charge < -0.3 is 4.55 Å². The molecule has 1 aliphatic rings. The normalized spacial score (nSPS) is 15.2. The summed E-state index contributed by atoms with van der Waals surface area (Å²) >= 11 is -2.29. The maximum Gasteiger partial charge on any atom is 0.261 e. The van der Waals surface area contributed by atoms with E-state index in [-0.39, 0.29) is 23.3 Å². The molecule has 1 heterocycles. The summed E-state index contributed by atoms with van der Waals surface area (Å²) in [6.07, 6.45) is 0. The first-order valence-electron chi connectivity index (χ1n) is 6.21. The number of fused-ring (bicyclic) bond motifs is 1. The lowest BCUT2D eigenvalue weighted by Crippen LogP contribution is -2.29. The molecule has 2 aromatic carbocycles. The van der Waals surface area contributed by atoms with Gasteiger partial charge in [-0.1, -0.05) is 24.3 Å². The summed E-state index contributed by atoms with van der Waals surface area (Å²) in [6.45, 7) is 0.123. The van der Waals surface area contributed by atoms with Crippen molar-refractivity contribution < 1.29 is 18.4 Å². The van der Waals surface area contributed by atoms with E-state index < -0.39 is 11.1 Å². The Labute approximate surface area is 123 Å². The van der Waals surface area contributed by atoms with E-state index in [1.54, 1.807) is 36.4 Å². The van der Waals surface area contributed by atoms with E-state index in [4.69, 9.17) is 0 Å². The molecule has 0 saturated carbocycles. The second kappa shape index (κ2) is 5.23. The summed E-state index contributed by atoms with van der Waals surface area (Å²) in [6, 6.07) is 12.7. The van der Waals surface area contributed by atoms with E-state index in [2.05, 4.69) is 0 Å². The summed E-state index contributed by atoms with van der Waals surface area (Å²) in [5, 5.41) is 0. The molecule has 0 radical (unpaired) electrons. The minimum absolute atomic E-state index is 0.123. The minimum atomic E-state index is -2.29. The fraction of sp³-hybridized carbons (Fsp3) is 0.0667. The van der Waals surface area contributed by atoms with Crippen LogP contribution in [0.5, 0.6) is 0 Å². The highest BCUT2D eigenvalue weighted by atomic mass is 32.2. The summed E-state index contributed by atoms with van der Waals surface area (Å²) in [5.41, 5.74) is 1.50. The molecule has 3 rings (SSSR count). The smallest absolute Gasteiger partial charge is 0.261 e. The van der Waals surface area contributed by atoms with Gasteiger partial charge in [0.15, 0.2) is 0 Å². The van der Waals surface area contributed by atoms with Crippen molar-refractivity contribution in [2.24, 2.45) is 0 Å². The quantitative estimate of drug-likeness (QED) is 0.639. The van der Waals surface area contributed by atoms with Crippen LogP contribution in [0.3, 0.4) is 0 Å². The Morgan fingerprint density at radius 2 is 1.43 bits per heavy atom. The SMILES string of the molecule is O=C1c2ccccc2C(=O)N1Cc1ccc(S(=O)[O-])cc1. The number of hydrogen-bond donors (Lipinski definition) is 0. The van der Waals surface area contributed by atoms with Gasteiger partial charge in [-0.15, -0.1) is 0 Å². The lowest BCUT2D eigenvalue weighted by Gasteiger charge is -2.14. The molecule has 5 nitrogen and oxygen atoms in total. The van der Waals surface area contributed by atoms with Crippen LogP contribution < -0.4 is 0 Å². The zero-order valence-corrected chi connectivity index (χ0v) is 11.6. The fourth-order valence-electron chi connectivity index (χ4n) is 2.27. The molecule has 0 aromatic heterocycles. The number of rotatable bonds is 3. The average molecular weight is 300 g/mol. The molecule has 0 aliphatic carbocycles. The maximum atomic E-state index is 12.2. The second-order valence-corrected chi connectivity index (χ2v) is 5.56. The highest BCUT2D eigenvalue weighted by Crippen LogP contribution is 2.24. The van der Waals surface area contributed by atoms with Gasteiger partial charge in [0.25, 0.3) is 11.8 Å². The fourth-order valence-corrected chi connectivity index (χ4v) is 2.63. The van der Waals surface area contributed by atoms with Crippen molar-refractivity contribution >= 4 is 22.9 Å². The van der Waals surface area contributed by atoms with Gasteiger partial charge in [-0.3, -0.25) is 18.7 Å². The molecule has 0 spiro atoms. The zero-order valence-electron chi connectivity index (χ0n) is 10.8. The molecule has 0 saturated heterocycles. The van der Waals surface area contributed by atoms with E-state index in [0.29, 0.717) is 16.7 Å². The van der Waals surface area contributed by atoms with Crippen LogP contribution in [0.2, 0.25) is 0 Å². The third-order valence-corrected chi connectivity index (χ3v) is 3.99. The summed E-state index contributed by atoms with van der Waals surface area (Å²) < 4.78 is 21.6. The Hall–Kier alpha value is -2.31. The van der Waals surface area contributed by atoms with E-state index in [1.807, 2.05) is 0 Å². The number of carbonyl (C=O) groups is 2. The zero-order chi connectivity index (χ0) is 15.0. The van der Waals surface area contributed by atoms with Crippen molar-refractivity contribution in [1.82, 2.24) is 4.90 Å². The Bertz CT molecular complexity index is 720. The second-order valence-electron chi connectivity index (χ2n) is 4.62. The first-order chi connectivity index (χ1) is 10.1. The van der Waals surface area contributed by atoms with Gasteiger partial charge in [-0.2, -0.15) is 0 Å². The summed E-state index contributed by atoms with van der Waals surface area (Å²) in [7, 11) is 0. The van der Waals surface area contributed by atoms with Gasteiger partial charge in [0, 0.05) is 4.90 Å². The van der Waals surface area contributed by atoms with Gasteiger partial charge in [-0.25, -0.2) is 0 Å². The molecule has 1 unspecified atom stereocenters. The molecule has 2 aromatic rings. The Morgan fingerprint density at radius 1 is 0.905 bits per heavy atom. The van der Waals surface area contributed by atoms with Crippen LogP contribution in [0, 0.1) is 0 Å². The summed E-state index contributed by atoms with van der Waals surface area (Å²) in [4.78, 5) is 25.7. The lowest BCUT2D eigenvalue weighted by molar-refractivity contribution is 0.0642. The van der Waals surface area contributed by atoms with Crippen LogP contribution in [0.25, 0.3) is 0 Å². The molecule has 106 valence electrons. The lowest BCUT2D eigenvalue weighted by atomic mass is 10.1. The largest absolute Gasteiger partial charge is 0.768 e. The van der Waals surface area contributed by atoms with Crippen LogP contribution in [0.4, 0.5) is 0 Å². The Kier molecular flexibility index (Phi) is 3.40. The Balaban J connectivity index is 1.85. The molecule has 1 aliphatic heterocycles. The number of imide groups is 1. The van der Waals surface area contributed by atoms with Crippen LogP contribution in [0.15, 0.2) is 53.4 Å².